The molecule has 4 rings (SSSR count). The molecule has 7 nitrogen and oxygen atoms in total. The lowest BCUT2D eigenvalue weighted by Gasteiger charge is -2.34. The number of nitrogens with one attached hydrogen (secondary N) is 2. The molecule has 0 aliphatic carbocycles. The monoisotopic (exact) mass is 379 g/mol. The van der Waals surface area contributed by atoms with Crippen LogP contribution in [0.4, 0.5) is 5.69 Å². The van der Waals surface area contributed by atoms with Crippen molar-refractivity contribution >= 4 is 22.6 Å². The molecule has 7 heteroatoms. The van der Waals surface area contributed by atoms with E-state index < -0.39 is 0 Å². The van der Waals surface area contributed by atoms with Gasteiger partial charge in [0, 0.05) is 37.1 Å². The zero-order chi connectivity index (χ0) is 19.7. The van der Waals surface area contributed by atoms with Crippen LogP contribution in [0.2, 0.25) is 0 Å². The summed E-state index contributed by atoms with van der Waals surface area (Å²) in [5.74, 6) is -0.155. The van der Waals surface area contributed by atoms with Crippen molar-refractivity contribution in [2.45, 2.75) is 38.8 Å². The molecule has 2 aromatic heterocycles. The number of fused-ring (bicyclic) bond motifs is 1. The number of amides is 1. The number of aromatic nitrogens is 3. The van der Waals surface area contributed by atoms with Gasteiger partial charge in [0.25, 0.3) is 5.91 Å². The van der Waals surface area contributed by atoms with Gasteiger partial charge in [-0.05, 0) is 51.0 Å². The van der Waals surface area contributed by atoms with Gasteiger partial charge in [-0.15, -0.1) is 0 Å². The topological polar surface area (TPSA) is 83.0 Å². The number of hydrogen-bond donors (Lipinski definition) is 2. The van der Waals surface area contributed by atoms with E-state index >= 15 is 0 Å². The van der Waals surface area contributed by atoms with Crippen molar-refractivity contribution in [1.29, 1.82) is 0 Å². The van der Waals surface area contributed by atoms with Crippen LogP contribution in [0, 0.1) is 0 Å². The molecular weight excluding hydrogens is 354 g/mol. The van der Waals surface area contributed by atoms with Crippen LogP contribution in [0.15, 0.2) is 47.4 Å². The molecular formula is C21H25N5O2. The van der Waals surface area contributed by atoms with Crippen molar-refractivity contribution in [3.8, 4) is 0 Å². The summed E-state index contributed by atoms with van der Waals surface area (Å²) in [5, 5.41) is 2.88. The maximum absolute atomic E-state index is 12.4. The van der Waals surface area contributed by atoms with E-state index in [4.69, 9.17) is 0 Å². The summed E-state index contributed by atoms with van der Waals surface area (Å²) in [7, 11) is 0. The molecule has 2 N–H and O–H groups in total. The van der Waals surface area contributed by atoms with Crippen molar-refractivity contribution < 1.29 is 4.79 Å². The molecule has 1 aromatic carbocycles. The number of hydrogen-bond acceptors (Lipinski definition) is 4. The predicted molar refractivity (Wildman–Crippen MR) is 110 cm³/mol. The molecule has 1 saturated heterocycles. The van der Waals surface area contributed by atoms with Crippen molar-refractivity contribution in [3.63, 3.8) is 0 Å². The summed E-state index contributed by atoms with van der Waals surface area (Å²) < 4.78 is 1.89. The quantitative estimate of drug-likeness (QED) is 0.730. The van der Waals surface area contributed by atoms with Crippen molar-refractivity contribution in [2.75, 3.05) is 18.0 Å². The highest BCUT2D eigenvalue weighted by molar-refractivity contribution is 5.93. The van der Waals surface area contributed by atoms with Gasteiger partial charge in [-0.2, -0.15) is 0 Å². The molecule has 1 fully saturated rings. The third kappa shape index (κ3) is 3.52. The van der Waals surface area contributed by atoms with E-state index in [1.54, 1.807) is 6.20 Å². The number of aromatic amines is 1. The number of imidazole rings is 1. The second-order valence-electron chi connectivity index (χ2n) is 7.56. The number of para-hydroxylation sites is 2. The van der Waals surface area contributed by atoms with E-state index in [0.29, 0.717) is 5.69 Å². The fourth-order valence-electron chi connectivity index (χ4n) is 3.90. The highest BCUT2D eigenvalue weighted by atomic mass is 16.2. The first kappa shape index (κ1) is 18.3. The van der Waals surface area contributed by atoms with E-state index in [1.807, 2.05) is 54.8 Å². The second kappa shape index (κ2) is 7.50. The number of rotatable bonds is 4. The molecule has 0 bridgehead atoms. The van der Waals surface area contributed by atoms with Gasteiger partial charge in [0.2, 0.25) is 0 Å². The van der Waals surface area contributed by atoms with Crippen LogP contribution in [0.1, 0.15) is 43.2 Å². The van der Waals surface area contributed by atoms with E-state index in [-0.39, 0.29) is 23.7 Å². The Morgan fingerprint density at radius 2 is 1.96 bits per heavy atom. The van der Waals surface area contributed by atoms with Gasteiger partial charge in [-0.3, -0.25) is 14.3 Å². The van der Waals surface area contributed by atoms with Crippen LogP contribution in [0.5, 0.6) is 0 Å². The van der Waals surface area contributed by atoms with Gasteiger partial charge >= 0.3 is 5.69 Å². The lowest BCUT2D eigenvalue weighted by atomic mass is 10.0. The lowest BCUT2D eigenvalue weighted by molar-refractivity contribution is 0.0938. The molecule has 28 heavy (non-hydrogen) atoms. The normalized spacial score (nSPS) is 15.3. The number of nitrogens with zero attached hydrogens (tertiary/aromatic N) is 3. The fraction of sp³-hybridized carbons (Fsp3) is 0.381. The average molecular weight is 379 g/mol. The van der Waals surface area contributed by atoms with Crippen LogP contribution >= 0.6 is 0 Å². The number of benzene rings is 1. The number of carbonyl (C=O) groups is 1. The summed E-state index contributed by atoms with van der Waals surface area (Å²) in [6.45, 7) is 5.51. The summed E-state index contributed by atoms with van der Waals surface area (Å²) in [6, 6.07) is 11.8. The van der Waals surface area contributed by atoms with Gasteiger partial charge in [0.05, 0.1) is 11.0 Å². The Morgan fingerprint density at radius 1 is 1.21 bits per heavy atom. The summed E-state index contributed by atoms with van der Waals surface area (Å²) in [6.07, 6.45) is 3.43. The third-order valence-electron chi connectivity index (χ3n) is 5.21. The van der Waals surface area contributed by atoms with Crippen LogP contribution in [-0.2, 0) is 0 Å². The summed E-state index contributed by atoms with van der Waals surface area (Å²) in [5.41, 5.74) is 3.22. The van der Waals surface area contributed by atoms with Gasteiger partial charge in [0.15, 0.2) is 0 Å². The Labute approximate surface area is 163 Å². The summed E-state index contributed by atoms with van der Waals surface area (Å²) in [4.78, 5) is 34.1. The smallest absolute Gasteiger partial charge is 0.326 e. The van der Waals surface area contributed by atoms with Gasteiger partial charge in [-0.25, -0.2) is 4.79 Å². The molecule has 0 saturated carbocycles. The van der Waals surface area contributed by atoms with Gasteiger partial charge in [0.1, 0.15) is 5.69 Å². The molecule has 3 aromatic rings. The molecule has 0 unspecified atom stereocenters. The first-order chi connectivity index (χ1) is 13.5. The minimum absolute atomic E-state index is 0.0452. The minimum atomic E-state index is -0.155. The van der Waals surface area contributed by atoms with Crippen LogP contribution in [0.3, 0.4) is 0 Å². The van der Waals surface area contributed by atoms with Gasteiger partial charge < -0.3 is 15.2 Å². The molecule has 0 spiro atoms. The van der Waals surface area contributed by atoms with E-state index in [9.17, 15) is 9.59 Å². The van der Waals surface area contributed by atoms with Crippen LogP contribution in [-0.4, -0.2) is 39.6 Å². The van der Waals surface area contributed by atoms with Crippen LogP contribution < -0.4 is 15.9 Å². The minimum Gasteiger partial charge on any atom is -0.371 e. The second-order valence-corrected chi connectivity index (χ2v) is 7.56. The lowest BCUT2D eigenvalue weighted by Crippen LogP contribution is -2.37. The molecule has 0 radical (unpaired) electrons. The Morgan fingerprint density at radius 3 is 2.71 bits per heavy atom. The molecule has 146 valence electrons. The number of pyridine rings is 1. The first-order valence-electron chi connectivity index (χ1n) is 9.74. The predicted octanol–water partition coefficient (Wildman–Crippen LogP) is 2.70. The number of H-pyrrole nitrogens is 1. The van der Waals surface area contributed by atoms with Crippen molar-refractivity contribution in [1.82, 2.24) is 19.9 Å². The van der Waals surface area contributed by atoms with E-state index in [1.165, 1.54) is 0 Å². The molecule has 3 heterocycles. The fourth-order valence-corrected chi connectivity index (χ4v) is 3.90. The van der Waals surface area contributed by atoms with Crippen molar-refractivity contribution in [2.24, 2.45) is 0 Å². The third-order valence-corrected chi connectivity index (χ3v) is 5.21. The molecule has 0 atom stereocenters. The molecule has 1 aliphatic rings. The molecule has 1 amide bonds. The van der Waals surface area contributed by atoms with Crippen molar-refractivity contribution in [3.05, 3.63) is 58.8 Å². The maximum atomic E-state index is 12.4. The highest BCUT2D eigenvalue weighted by Crippen LogP contribution is 2.28. The Bertz CT molecular complexity index is 1040. The zero-order valence-electron chi connectivity index (χ0n) is 16.2. The maximum Gasteiger partial charge on any atom is 0.326 e. The molecule has 1 aliphatic heterocycles. The Kier molecular flexibility index (Phi) is 4.90. The Balaban J connectivity index is 1.49. The largest absolute Gasteiger partial charge is 0.371 e. The summed E-state index contributed by atoms with van der Waals surface area (Å²) >= 11 is 0. The van der Waals surface area contributed by atoms with Crippen LogP contribution in [0.25, 0.3) is 11.0 Å². The number of anilines is 1. The standard InChI is InChI=1S/C21H25N5O2/c1-14(2)23-20(27)18-13-16(7-10-22-18)25-11-8-15(9-12-25)26-19-6-4-3-5-17(19)24-21(26)28/h3-7,10,13-15H,8-9,11-12H2,1-2H3,(H,23,27)(H,24,28). The van der Waals surface area contributed by atoms with E-state index in [2.05, 4.69) is 20.2 Å². The number of carbonyl (C=O) groups excluding carboxylic acids is 1. The average Bonchev–Trinajstić information content (AvgIpc) is 3.03. The highest BCUT2D eigenvalue weighted by Gasteiger charge is 2.24. The first-order valence-corrected chi connectivity index (χ1v) is 9.74. The van der Waals surface area contributed by atoms with E-state index in [0.717, 1.165) is 42.7 Å². The Hall–Kier alpha value is -3.09. The number of piperidine rings is 1. The zero-order valence-corrected chi connectivity index (χ0v) is 16.2. The van der Waals surface area contributed by atoms with Gasteiger partial charge in [-0.1, -0.05) is 12.1 Å². The SMILES string of the molecule is CC(C)NC(=O)c1cc(N2CCC(n3c(=O)[nH]c4ccccc43)CC2)ccn1.